The highest BCUT2D eigenvalue weighted by molar-refractivity contribution is 5.24. The summed E-state index contributed by atoms with van der Waals surface area (Å²) >= 11 is 0. The quantitative estimate of drug-likeness (QED) is 0.642. The van der Waals surface area contributed by atoms with E-state index in [1.54, 1.807) is 0 Å². The van der Waals surface area contributed by atoms with Crippen molar-refractivity contribution < 1.29 is 23.4 Å². The topological polar surface area (TPSA) is 40.5 Å². The number of aliphatic hydroxyl groups excluding tert-OH is 1. The van der Waals surface area contributed by atoms with Gasteiger partial charge in [-0.05, 0) is 18.9 Å². The van der Waals surface area contributed by atoms with Gasteiger partial charge in [-0.25, -0.2) is 13.2 Å². The number of hydrogen-bond donors (Lipinski definition) is 2. The van der Waals surface area contributed by atoms with Crippen molar-refractivity contribution in [1.29, 1.82) is 0 Å². The van der Waals surface area contributed by atoms with Gasteiger partial charge in [-0.2, -0.15) is 0 Å². The molecule has 2 rings (SSSR count). The lowest BCUT2D eigenvalue weighted by Gasteiger charge is -2.32. The Kier molecular flexibility index (Phi) is 4.16. The van der Waals surface area contributed by atoms with Crippen molar-refractivity contribution in [2.24, 2.45) is 0 Å². The first-order valence-electron chi connectivity index (χ1n) is 6.49. The molecule has 106 valence electrons. The lowest BCUT2D eigenvalue weighted by molar-refractivity contribution is -0.0882. The normalized spacial score (nSPS) is 20.9. The van der Waals surface area contributed by atoms with Crippen molar-refractivity contribution in [3.63, 3.8) is 0 Å². The van der Waals surface area contributed by atoms with Crippen LogP contribution in [-0.2, 0) is 0 Å². The van der Waals surface area contributed by atoms with Gasteiger partial charge in [-0.1, -0.05) is 31.7 Å². The first-order valence-corrected chi connectivity index (χ1v) is 6.49. The van der Waals surface area contributed by atoms with Crippen molar-refractivity contribution in [2.45, 2.75) is 50.2 Å². The molecule has 0 aromatic heterocycles. The summed E-state index contributed by atoms with van der Waals surface area (Å²) < 4.78 is 39.7. The van der Waals surface area contributed by atoms with Gasteiger partial charge in [0.25, 0.3) is 0 Å². The lowest BCUT2D eigenvalue weighted by atomic mass is 9.84. The molecule has 19 heavy (non-hydrogen) atoms. The maximum absolute atomic E-state index is 13.7. The van der Waals surface area contributed by atoms with E-state index >= 15 is 0 Å². The Bertz CT molecular complexity index is 454. The molecule has 2 nitrogen and oxygen atoms in total. The van der Waals surface area contributed by atoms with Crippen LogP contribution in [0.4, 0.5) is 13.2 Å². The summed E-state index contributed by atoms with van der Waals surface area (Å²) in [6, 6.07) is 1.75. The fourth-order valence-electron chi connectivity index (χ4n) is 2.66. The van der Waals surface area contributed by atoms with Crippen molar-refractivity contribution in [3.8, 4) is 0 Å². The van der Waals surface area contributed by atoms with Gasteiger partial charge in [0.15, 0.2) is 17.5 Å². The molecule has 1 atom stereocenters. The molecule has 1 aromatic carbocycles. The van der Waals surface area contributed by atoms with Gasteiger partial charge in [0.05, 0.1) is 5.60 Å². The third-order valence-corrected chi connectivity index (χ3v) is 3.84. The third-order valence-electron chi connectivity index (χ3n) is 3.84. The second-order valence-corrected chi connectivity index (χ2v) is 5.18. The van der Waals surface area contributed by atoms with Crippen molar-refractivity contribution in [1.82, 2.24) is 0 Å². The zero-order chi connectivity index (χ0) is 14.0. The predicted molar refractivity (Wildman–Crippen MR) is 63.9 cm³/mol. The third kappa shape index (κ3) is 2.77. The molecule has 0 saturated heterocycles. The summed E-state index contributed by atoms with van der Waals surface area (Å²) in [5, 5.41) is 20.6. The van der Waals surface area contributed by atoms with Gasteiger partial charge in [-0.3, -0.25) is 0 Å². The molecule has 1 aliphatic rings. The Balaban J connectivity index is 2.32. The molecular formula is C14H17F3O2. The van der Waals surface area contributed by atoms with Crippen LogP contribution in [0.1, 0.15) is 50.2 Å². The molecule has 2 N–H and O–H groups in total. The van der Waals surface area contributed by atoms with Gasteiger partial charge >= 0.3 is 0 Å². The fraction of sp³-hybridized carbons (Fsp3) is 0.571. The molecule has 1 unspecified atom stereocenters. The van der Waals surface area contributed by atoms with Crippen LogP contribution in [0.5, 0.6) is 0 Å². The molecule has 0 heterocycles. The van der Waals surface area contributed by atoms with Crippen LogP contribution in [0.3, 0.4) is 0 Å². The lowest BCUT2D eigenvalue weighted by Crippen LogP contribution is -2.36. The van der Waals surface area contributed by atoms with E-state index in [9.17, 15) is 23.4 Å². The Hall–Kier alpha value is -1.07. The van der Waals surface area contributed by atoms with Crippen molar-refractivity contribution in [3.05, 3.63) is 35.1 Å². The van der Waals surface area contributed by atoms with E-state index in [4.69, 9.17) is 0 Å². The zero-order valence-corrected chi connectivity index (χ0v) is 10.5. The molecular weight excluding hydrogens is 257 g/mol. The first-order chi connectivity index (χ1) is 8.96. The van der Waals surface area contributed by atoms with Gasteiger partial charge < -0.3 is 10.2 Å². The largest absolute Gasteiger partial charge is 0.387 e. The standard InChI is InChI=1S/C14H17F3O2/c15-10-6-5-9(11(16)12(10)17)13(18)14(19)7-3-1-2-4-8-14/h5-6,13,18-19H,1-4,7-8H2. The van der Waals surface area contributed by atoms with E-state index in [0.29, 0.717) is 12.8 Å². The van der Waals surface area contributed by atoms with E-state index in [2.05, 4.69) is 0 Å². The van der Waals surface area contributed by atoms with E-state index in [1.165, 1.54) is 0 Å². The molecule has 0 spiro atoms. The second-order valence-electron chi connectivity index (χ2n) is 5.18. The number of halogens is 3. The summed E-state index contributed by atoms with van der Waals surface area (Å²) in [5.41, 5.74) is -1.86. The van der Waals surface area contributed by atoms with Crippen LogP contribution < -0.4 is 0 Å². The van der Waals surface area contributed by atoms with Crippen LogP contribution in [0.2, 0.25) is 0 Å². The molecule has 1 fully saturated rings. The highest BCUT2D eigenvalue weighted by atomic mass is 19.2. The molecule has 0 bridgehead atoms. The van der Waals surface area contributed by atoms with Gasteiger partial charge in [-0.15, -0.1) is 0 Å². The Morgan fingerprint density at radius 3 is 2.11 bits per heavy atom. The van der Waals surface area contributed by atoms with Crippen molar-refractivity contribution >= 4 is 0 Å². The first kappa shape index (κ1) is 14.3. The van der Waals surface area contributed by atoms with E-state index < -0.39 is 29.2 Å². The van der Waals surface area contributed by atoms with E-state index in [-0.39, 0.29) is 5.56 Å². The maximum atomic E-state index is 13.7. The van der Waals surface area contributed by atoms with Crippen LogP contribution in [-0.4, -0.2) is 15.8 Å². The molecule has 1 saturated carbocycles. The van der Waals surface area contributed by atoms with Gasteiger partial charge in [0.1, 0.15) is 6.10 Å². The Labute approximate surface area is 109 Å². The van der Waals surface area contributed by atoms with Gasteiger partial charge in [0.2, 0.25) is 0 Å². The molecule has 5 heteroatoms. The zero-order valence-electron chi connectivity index (χ0n) is 10.5. The average Bonchev–Trinajstić information content (AvgIpc) is 2.61. The molecule has 1 aliphatic carbocycles. The number of rotatable bonds is 2. The summed E-state index contributed by atoms with van der Waals surface area (Å²) in [4.78, 5) is 0. The minimum Gasteiger partial charge on any atom is -0.387 e. The highest BCUT2D eigenvalue weighted by Crippen LogP contribution is 2.38. The van der Waals surface area contributed by atoms with E-state index in [1.807, 2.05) is 0 Å². The summed E-state index contributed by atoms with van der Waals surface area (Å²) in [7, 11) is 0. The minimum absolute atomic E-state index is 0.326. The van der Waals surface area contributed by atoms with E-state index in [0.717, 1.165) is 37.8 Å². The van der Waals surface area contributed by atoms with Crippen molar-refractivity contribution in [2.75, 3.05) is 0 Å². The number of aliphatic hydroxyl groups is 2. The number of hydrogen-bond acceptors (Lipinski definition) is 2. The van der Waals surface area contributed by atoms with Crippen LogP contribution in [0.25, 0.3) is 0 Å². The van der Waals surface area contributed by atoms with Crippen LogP contribution in [0, 0.1) is 17.5 Å². The summed E-state index contributed by atoms with van der Waals surface area (Å²) in [5.74, 6) is -4.35. The molecule has 0 radical (unpaired) electrons. The van der Waals surface area contributed by atoms with Crippen LogP contribution >= 0.6 is 0 Å². The predicted octanol–water partition coefficient (Wildman–Crippen LogP) is 3.22. The SMILES string of the molecule is OC(c1ccc(F)c(F)c1F)C1(O)CCCCCC1. The minimum atomic E-state index is -1.62. The Morgan fingerprint density at radius 1 is 0.947 bits per heavy atom. The van der Waals surface area contributed by atoms with Crippen LogP contribution in [0.15, 0.2) is 12.1 Å². The summed E-state index contributed by atoms with van der Waals surface area (Å²) in [6.45, 7) is 0. The molecule has 0 amide bonds. The monoisotopic (exact) mass is 274 g/mol. The maximum Gasteiger partial charge on any atom is 0.194 e. The highest BCUT2D eigenvalue weighted by Gasteiger charge is 2.38. The van der Waals surface area contributed by atoms with Gasteiger partial charge in [0, 0.05) is 5.56 Å². The second kappa shape index (κ2) is 5.51. The molecule has 0 aliphatic heterocycles. The number of benzene rings is 1. The fourth-order valence-corrected chi connectivity index (χ4v) is 2.66. The molecule has 1 aromatic rings. The Morgan fingerprint density at radius 2 is 1.53 bits per heavy atom. The average molecular weight is 274 g/mol. The smallest absolute Gasteiger partial charge is 0.194 e. The summed E-state index contributed by atoms with van der Waals surface area (Å²) in [6.07, 6.45) is 2.43.